The minimum Gasteiger partial charge on any atom is -0.451 e. The summed E-state index contributed by atoms with van der Waals surface area (Å²) in [7, 11) is 0. The number of carbonyl (C=O) groups is 1. The number of furan rings is 1. The smallest absolute Gasteiger partial charge is 0.291 e. The lowest BCUT2D eigenvalue weighted by atomic mass is 10.1. The van der Waals surface area contributed by atoms with Gasteiger partial charge in [-0.25, -0.2) is 4.39 Å². The van der Waals surface area contributed by atoms with Gasteiger partial charge in [0.25, 0.3) is 5.91 Å². The molecule has 122 valence electrons. The Morgan fingerprint density at radius 1 is 1.04 bits per heavy atom. The highest BCUT2D eigenvalue weighted by Crippen LogP contribution is 2.27. The molecule has 0 aliphatic heterocycles. The van der Waals surface area contributed by atoms with Gasteiger partial charge in [0.15, 0.2) is 5.76 Å². The first-order valence-electron chi connectivity index (χ1n) is 7.07. The average molecular weight is 364 g/mol. The Morgan fingerprint density at radius 2 is 1.83 bits per heavy atom. The van der Waals surface area contributed by atoms with Gasteiger partial charge in [0, 0.05) is 16.3 Å². The fourth-order valence-electron chi connectivity index (χ4n) is 2.13. The molecule has 0 saturated carbocycles. The first kappa shape index (κ1) is 16.6. The third-order valence-corrected chi connectivity index (χ3v) is 4.16. The topological polar surface area (TPSA) is 42.2 Å². The van der Waals surface area contributed by atoms with E-state index in [1.807, 2.05) is 19.1 Å². The molecule has 0 atom stereocenters. The number of rotatable bonds is 3. The largest absolute Gasteiger partial charge is 0.451 e. The predicted octanol–water partition coefficient (Wildman–Crippen LogP) is 5.95. The van der Waals surface area contributed by atoms with E-state index in [-0.39, 0.29) is 10.8 Å². The molecule has 0 saturated heterocycles. The van der Waals surface area contributed by atoms with Crippen molar-refractivity contribution in [1.82, 2.24) is 0 Å². The Kier molecular flexibility index (Phi) is 4.60. The molecule has 6 heteroatoms. The monoisotopic (exact) mass is 363 g/mol. The highest BCUT2D eigenvalue weighted by molar-refractivity contribution is 6.31. The summed E-state index contributed by atoms with van der Waals surface area (Å²) in [6.45, 7) is 1.90. The molecular formula is C18H12Cl2FNO2. The van der Waals surface area contributed by atoms with Crippen LogP contribution in [0.4, 0.5) is 10.1 Å². The Hall–Kier alpha value is -2.30. The van der Waals surface area contributed by atoms with Gasteiger partial charge < -0.3 is 9.73 Å². The van der Waals surface area contributed by atoms with Crippen LogP contribution in [0.5, 0.6) is 0 Å². The minimum absolute atomic E-state index is 0.0674. The normalized spacial score (nSPS) is 10.7. The van der Waals surface area contributed by atoms with Crippen LogP contribution in [0.3, 0.4) is 0 Å². The van der Waals surface area contributed by atoms with E-state index in [2.05, 4.69) is 5.32 Å². The number of carbonyl (C=O) groups excluding carboxylic acids is 1. The first-order valence-corrected chi connectivity index (χ1v) is 7.82. The summed E-state index contributed by atoms with van der Waals surface area (Å²) < 4.78 is 18.7. The van der Waals surface area contributed by atoms with Crippen molar-refractivity contribution in [3.63, 3.8) is 0 Å². The lowest BCUT2D eigenvalue weighted by Crippen LogP contribution is -2.10. The van der Waals surface area contributed by atoms with Crippen LogP contribution >= 0.6 is 23.2 Å². The lowest BCUT2D eigenvalue weighted by Gasteiger charge is -2.04. The van der Waals surface area contributed by atoms with Gasteiger partial charge in [0.05, 0.1) is 5.02 Å². The van der Waals surface area contributed by atoms with E-state index in [9.17, 15) is 9.18 Å². The van der Waals surface area contributed by atoms with Crippen molar-refractivity contribution in [2.45, 2.75) is 6.92 Å². The van der Waals surface area contributed by atoms with Crippen molar-refractivity contribution >= 4 is 34.8 Å². The van der Waals surface area contributed by atoms with Crippen LogP contribution < -0.4 is 5.32 Å². The lowest BCUT2D eigenvalue weighted by molar-refractivity contribution is 0.0997. The van der Waals surface area contributed by atoms with E-state index in [0.29, 0.717) is 16.5 Å². The molecule has 0 bridgehead atoms. The number of nitrogens with one attached hydrogen (secondary N) is 1. The molecule has 1 amide bonds. The van der Waals surface area contributed by atoms with E-state index in [1.54, 1.807) is 18.2 Å². The Balaban J connectivity index is 1.80. The highest BCUT2D eigenvalue weighted by Gasteiger charge is 2.14. The number of hydrogen-bond donors (Lipinski definition) is 1. The maximum Gasteiger partial charge on any atom is 0.291 e. The molecule has 0 aliphatic carbocycles. The molecule has 1 N–H and O–H groups in total. The first-order chi connectivity index (χ1) is 11.4. The number of halogens is 3. The van der Waals surface area contributed by atoms with Gasteiger partial charge in [-0.1, -0.05) is 35.3 Å². The molecule has 2 aromatic carbocycles. The van der Waals surface area contributed by atoms with Gasteiger partial charge in [-0.2, -0.15) is 0 Å². The number of aryl methyl sites for hydroxylation is 1. The van der Waals surface area contributed by atoms with Crippen LogP contribution in [-0.2, 0) is 0 Å². The minimum atomic E-state index is -0.550. The SMILES string of the molecule is Cc1ccc(-c2ccc(C(=O)Nc3ccc(F)c(Cl)c3)o2)cc1Cl. The van der Waals surface area contributed by atoms with Gasteiger partial charge >= 0.3 is 0 Å². The van der Waals surface area contributed by atoms with Crippen LogP contribution in [0.1, 0.15) is 16.1 Å². The molecule has 1 heterocycles. The third kappa shape index (κ3) is 3.45. The Morgan fingerprint density at radius 3 is 2.54 bits per heavy atom. The molecule has 1 aromatic heterocycles. The van der Waals surface area contributed by atoms with Crippen molar-refractivity contribution in [2.75, 3.05) is 5.32 Å². The molecule has 24 heavy (non-hydrogen) atoms. The number of amides is 1. The molecule has 0 unspecified atom stereocenters. The molecule has 0 radical (unpaired) electrons. The van der Waals surface area contributed by atoms with Gasteiger partial charge in [-0.05, 0) is 48.9 Å². The highest BCUT2D eigenvalue weighted by atomic mass is 35.5. The van der Waals surface area contributed by atoms with Crippen molar-refractivity contribution in [3.8, 4) is 11.3 Å². The summed E-state index contributed by atoms with van der Waals surface area (Å²) in [5.74, 6) is -0.352. The molecular weight excluding hydrogens is 352 g/mol. The maximum absolute atomic E-state index is 13.1. The van der Waals surface area contributed by atoms with E-state index >= 15 is 0 Å². The Labute approximate surface area is 148 Å². The maximum atomic E-state index is 13.1. The fraction of sp³-hybridized carbons (Fsp3) is 0.0556. The zero-order valence-electron chi connectivity index (χ0n) is 12.6. The number of benzene rings is 2. The standard InChI is InChI=1S/C18H12Cl2FNO2/c1-10-2-3-11(8-13(10)19)16-6-7-17(24-16)18(23)22-12-4-5-15(21)14(20)9-12/h2-9H,1H3,(H,22,23). The molecule has 3 aromatic rings. The second kappa shape index (κ2) is 6.67. The van der Waals surface area contributed by atoms with Crippen LogP contribution in [0, 0.1) is 12.7 Å². The summed E-state index contributed by atoms with van der Waals surface area (Å²) in [6.07, 6.45) is 0. The van der Waals surface area contributed by atoms with Crippen LogP contribution in [0.2, 0.25) is 10.0 Å². The van der Waals surface area contributed by atoms with Crippen LogP contribution in [0.15, 0.2) is 52.9 Å². The van der Waals surface area contributed by atoms with E-state index < -0.39 is 11.7 Å². The molecule has 3 rings (SSSR count). The second-order valence-electron chi connectivity index (χ2n) is 5.21. The third-order valence-electron chi connectivity index (χ3n) is 3.46. The van der Waals surface area contributed by atoms with Crippen molar-refractivity contribution in [3.05, 3.63) is 75.7 Å². The Bertz CT molecular complexity index is 921. The van der Waals surface area contributed by atoms with E-state index in [0.717, 1.165) is 11.1 Å². The quantitative estimate of drug-likeness (QED) is 0.624. The number of hydrogen-bond acceptors (Lipinski definition) is 2. The number of anilines is 1. The molecule has 0 aliphatic rings. The van der Waals surface area contributed by atoms with Gasteiger partial charge in [0.2, 0.25) is 0 Å². The average Bonchev–Trinajstić information content (AvgIpc) is 3.04. The van der Waals surface area contributed by atoms with E-state index in [4.69, 9.17) is 27.6 Å². The summed E-state index contributed by atoms with van der Waals surface area (Å²) >= 11 is 11.8. The van der Waals surface area contributed by atoms with Crippen molar-refractivity contribution in [2.24, 2.45) is 0 Å². The molecule has 3 nitrogen and oxygen atoms in total. The van der Waals surface area contributed by atoms with Crippen LogP contribution in [0.25, 0.3) is 11.3 Å². The van der Waals surface area contributed by atoms with Gasteiger partial charge in [0.1, 0.15) is 11.6 Å². The van der Waals surface area contributed by atoms with Gasteiger partial charge in [-0.3, -0.25) is 4.79 Å². The summed E-state index contributed by atoms with van der Waals surface area (Å²) in [6, 6.07) is 12.7. The predicted molar refractivity (Wildman–Crippen MR) is 93.3 cm³/mol. The van der Waals surface area contributed by atoms with Gasteiger partial charge in [-0.15, -0.1) is 0 Å². The summed E-state index contributed by atoms with van der Waals surface area (Å²) in [5, 5.41) is 3.16. The molecule has 0 fully saturated rings. The summed E-state index contributed by atoms with van der Waals surface area (Å²) in [5.41, 5.74) is 2.11. The van der Waals surface area contributed by atoms with Crippen molar-refractivity contribution < 1.29 is 13.6 Å². The van der Waals surface area contributed by atoms with E-state index in [1.165, 1.54) is 18.2 Å². The molecule has 0 spiro atoms. The summed E-state index contributed by atoms with van der Waals surface area (Å²) in [4.78, 5) is 12.2. The fourth-order valence-corrected chi connectivity index (χ4v) is 2.49. The zero-order valence-corrected chi connectivity index (χ0v) is 14.1. The van der Waals surface area contributed by atoms with Crippen molar-refractivity contribution in [1.29, 1.82) is 0 Å². The second-order valence-corrected chi connectivity index (χ2v) is 6.03. The zero-order chi connectivity index (χ0) is 17.3. The van der Waals surface area contributed by atoms with Crippen LogP contribution in [-0.4, -0.2) is 5.91 Å².